The molecule has 120 valence electrons. The van der Waals surface area contributed by atoms with Crippen molar-refractivity contribution in [3.8, 4) is 0 Å². The lowest BCUT2D eigenvalue weighted by atomic mass is 9.91. The van der Waals surface area contributed by atoms with Crippen LogP contribution in [0.2, 0.25) is 0 Å². The molecule has 2 aromatic heterocycles. The Morgan fingerprint density at radius 1 is 1.36 bits per heavy atom. The van der Waals surface area contributed by atoms with Crippen molar-refractivity contribution < 1.29 is 4.79 Å². The van der Waals surface area contributed by atoms with Crippen molar-refractivity contribution in [1.29, 1.82) is 0 Å². The van der Waals surface area contributed by atoms with Crippen molar-refractivity contribution in [1.82, 2.24) is 14.6 Å². The predicted molar refractivity (Wildman–Crippen MR) is 87.3 cm³/mol. The molecule has 6 nitrogen and oxygen atoms in total. The number of fused-ring (bicyclic) bond motifs is 1. The smallest absolute Gasteiger partial charge is 0.254 e. The number of H-pyrrole nitrogens is 1. The third-order valence-electron chi connectivity index (χ3n) is 4.42. The van der Waals surface area contributed by atoms with Gasteiger partial charge in [0.25, 0.3) is 5.91 Å². The number of nitrogens with zero attached hydrogens (tertiary/aromatic N) is 2. The summed E-state index contributed by atoms with van der Waals surface area (Å²) in [6, 6.07) is 0.468. The average Bonchev–Trinajstić information content (AvgIpc) is 2.99. The van der Waals surface area contributed by atoms with E-state index in [4.69, 9.17) is 5.73 Å². The van der Waals surface area contributed by atoms with E-state index < -0.39 is 5.91 Å². The zero-order valence-electron chi connectivity index (χ0n) is 13.6. The third-order valence-corrected chi connectivity index (χ3v) is 4.42. The van der Waals surface area contributed by atoms with Crippen molar-refractivity contribution in [2.75, 3.05) is 5.32 Å². The van der Waals surface area contributed by atoms with Gasteiger partial charge in [-0.05, 0) is 12.8 Å². The maximum absolute atomic E-state index is 11.6. The first-order chi connectivity index (χ1) is 10.4. The van der Waals surface area contributed by atoms with Crippen LogP contribution in [0.15, 0.2) is 6.20 Å². The maximum atomic E-state index is 11.6. The molecule has 1 amide bonds. The highest BCUT2D eigenvalue weighted by Gasteiger charge is 2.27. The SMILES string of the molecule is CC(C)(C)c1[nH]c2c(C(N)=O)cnn2c1NC1CCCCC1. The highest BCUT2D eigenvalue weighted by atomic mass is 16.1. The number of rotatable bonds is 3. The van der Waals surface area contributed by atoms with Crippen LogP contribution in [0.1, 0.15) is 68.9 Å². The molecule has 1 aliphatic carbocycles. The minimum atomic E-state index is -0.457. The summed E-state index contributed by atoms with van der Waals surface area (Å²) in [7, 11) is 0. The van der Waals surface area contributed by atoms with Crippen LogP contribution in [0.25, 0.3) is 5.65 Å². The van der Waals surface area contributed by atoms with Crippen molar-refractivity contribution in [2.45, 2.75) is 64.3 Å². The quantitative estimate of drug-likeness (QED) is 0.814. The molecule has 2 aromatic rings. The van der Waals surface area contributed by atoms with Crippen LogP contribution in [0.5, 0.6) is 0 Å². The molecule has 22 heavy (non-hydrogen) atoms. The van der Waals surface area contributed by atoms with E-state index in [0.717, 1.165) is 11.5 Å². The summed E-state index contributed by atoms with van der Waals surface area (Å²) >= 11 is 0. The van der Waals surface area contributed by atoms with Gasteiger partial charge in [0.05, 0.1) is 11.9 Å². The Kier molecular flexibility index (Phi) is 3.62. The van der Waals surface area contributed by atoms with Crippen molar-refractivity contribution in [3.63, 3.8) is 0 Å². The first kappa shape index (κ1) is 14.9. The molecular weight excluding hydrogens is 278 g/mol. The molecule has 4 N–H and O–H groups in total. The number of aromatic nitrogens is 3. The van der Waals surface area contributed by atoms with Gasteiger partial charge in [-0.2, -0.15) is 9.61 Å². The first-order valence-corrected chi connectivity index (χ1v) is 8.04. The summed E-state index contributed by atoms with van der Waals surface area (Å²) in [5.74, 6) is 0.503. The second kappa shape index (κ2) is 5.34. The lowest BCUT2D eigenvalue weighted by Crippen LogP contribution is -2.25. The van der Waals surface area contributed by atoms with Gasteiger partial charge in [-0.25, -0.2) is 0 Å². The normalized spacial score (nSPS) is 17.0. The largest absolute Gasteiger partial charge is 0.366 e. The lowest BCUT2D eigenvalue weighted by Gasteiger charge is -2.26. The summed E-state index contributed by atoms with van der Waals surface area (Å²) in [4.78, 5) is 14.9. The summed E-state index contributed by atoms with van der Waals surface area (Å²) in [6.07, 6.45) is 7.75. The summed E-state index contributed by atoms with van der Waals surface area (Å²) in [6.45, 7) is 6.44. The summed E-state index contributed by atoms with van der Waals surface area (Å²) < 4.78 is 1.79. The summed E-state index contributed by atoms with van der Waals surface area (Å²) in [5, 5.41) is 8.01. The maximum Gasteiger partial charge on any atom is 0.254 e. The van der Waals surface area contributed by atoms with Gasteiger partial charge in [-0.15, -0.1) is 0 Å². The molecule has 0 aliphatic heterocycles. The number of nitrogens with two attached hydrogens (primary N) is 1. The van der Waals surface area contributed by atoms with E-state index in [1.54, 1.807) is 4.52 Å². The Morgan fingerprint density at radius 2 is 2.05 bits per heavy atom. The Bertz CT molecular complexity index is 685. The topological polar surface area (TPSA) is 88.2 Å². The van der Waals surface area contributed by atoms with E-state index >= 15 is 0 Å². The van der Waals surface area contributed by atoms with E-state index in [9.17, 15) is 4.79 Å². The number of carbonyl (C=O) groups is 1. The van der Waals surface area contributed by atoms with Crippen LogP contribution in [0.3, 0.4) is 0 Å². The van der Waals surface area contributed by atoms with Crippen molar-refractivity contribution in [2.24, 2.45) is 5.73 Å². The molecule has 1 fully saturated rings. The van der Waals surface area contributed by atoms with Crippen LogP contribution in [-0.4, -0.2) is 26.5 Å². The molecule has 2 heterocycles. The minimum absolute atomic E-state index is 0.0768. The predicted octanol–water partition coefficient (Wildman–Crippen LogP) is 2.80. The second-order valence-electron chi connectivity index (χ2n) is 7.26. The summed E-state index contributed by atoms with van der Waals surface area (Å²) in [5.41, 5.74) is 7.54. The molecule has 0 spiro atoms. The molecule has 0 aromatic carbocycles. The Hall–Kier alpha value is -1.98. The number of aromatic amines is 1. The van der Waals surface area contributed by atoms with Gasteiger partial charge in [0, 0.05) is 11.5 Å². The molecule has 1 saturated carbocycles. The zero-order chi connectivity index (χ0) is 15.9. The minimum Gasteiger partial charge on any atom is -0.366 e. The van der Waals surface area contributed by atoms with Crippen LogP contribution >= 0.6 is 0 Å². The molecule has 6 heteroatoms. The number of imidazole rings is 1. The number of anilines is 1. The fourth-order valence-corrected chi connectivity index (χ4v) is 3.22. The van der Waals surface area contributed by atoms with Gasteiger partial charge in [0.2, 0.25) is 0 Å². The third kappa shape index (κ3) is 2.58. The zero-order valence-corrected chi connectivity index (χ0v) is 13.6. The van der Waals surface area contributed by atoms with Crippen LogP contribution in [0.4, 0.5) is 5.82 Å². The fourth-order valence-electron chi connectivity index (χ4n) is 3.22. The van der Waals surface area contributed by atoms with Gasteiger partial charge in [0.1, 0.15) is 17.0 Å². The molecular formula is C16H25N5O. The van der Waals surface area contributed by atoms with E-state index in [-0.39, 0.29) is 5.41 Å². The Morgan fingerprint density at radius 3 is 2.64 bits per heavy atom. The first-order valence-electron chi connectivity index (χ1n) is 8.04. The number of carbonyl (C=O) groups excluding carboxylic acids is 1. The van der Waals surface area contributed by atoms with E-state index in [2.05, 4.69) is 36.2 Å². The van der Waals surface area contributed by atoms with Crippen LogP contribution in [-0.2, 0) is 5.41 Å². The number of nitrogens with one attached hydrogen (secondary N) is 2. The highest BCUT2D eigenvalue weighted by Crippen LogP contribution is 2.32. The second-order valence-corrected chi connectivity index (χ2v) is 7.26. The van der Waals surface area contributed by atoms with Crippen molar-refractivity contribution in [3.05, 3.63) is 17.5 Å². The van der Waals surface area contributed by atoms with Crippen LogP contribution < -0.4 is 11.1 Å². The Labute approximate surface area is 130 Å². The lowest BCUT2D eigenvalue weighted by molar-refractivity contribution is 0.100. The molecule has 0 bridgehead atoms. The molecule has 3 rings (SSSR count). The standard InChI is InChI=1S/C16H25N5O/c1-16(2,3)12-15(19-10-7-5-4-6-8-10)21-14(20-12)11(9-18-21)13(17)22/h9-10,19-20H,4-8H2,1-3H3,(H2,17,22). The van der Waals surface area contributed by atoms with E-state index in [1.807, 2.05) is 0 Å². The van der Waals surface area contributed by atoms with E-state index in [0.29, 0.717) is 17.3 Å². The van der Waals surface area contributed by atoms with Gasteiger partial charge in [0.15, 0.2) is 0 Å². The monoisotopic (exact) mass is 303 g/mol. The average molecular weight is 303 g/mol. The van der Waals surface area contributed by atoms with Crippen LogP contribution in [0, 0.1) is 0 Å². The molecule has 0 unspecified atom stereocenters. The van der Waals surface area contributed by atoms with E-state index in [1.165, 1.54) is 38.3 Å². The number of hydrogen-bond acceptors (Lipinski definition) is 3. The highest BCUT2D eigenvalue weighted by molar-refractivity contribution is 5.99. The van der Waals surface area contributed by atoms with Gasteiger partial charge in [-0.1, -0.05) is 40.0 Å². The molecule has 0 radical (unpaired) electrons. The molecule has 0 saturated heterocycles. The van der Waals surface area contributed by atoms with Gasteiger partial charge in [-0.3, -0.25) is 4.79 Å². The van der Waals surface area contributed by atoms with Crippen molar-refractivity contribution >= 4 is 17.4 Å². The molecule has 1 aliphatic rings. The number of primary amides is 1. The number of amides is 1. The van der Waals surface area contributed by atoms with Gasteiger partial charge < -0.3 is 16.0 Å². The fraction of sp³-hybridized carbons (Fsp3) is 0.625. The number of hydrogen-bond donors (Lipinski definition) is 3. The Balaban J connectivity index is 2.06. The van der Waals surface area contributed by atoms with Gasteiger partial charge >= 0.3 is 0 Å². The molecule has 0 atom stereocenters.